The first-order valence-electron chi connectivity index (χ1n) is 8.12. The zero-order valence-electron chi connectivity index (χ0n) is 12.9. The third-order valence-electron chi connectivity index (χ3n) is 4.29. The number of nitrogens with zero attached hydrogens (tertiary/aromatic N) is 1. The van der Waals surface area contributed by atoms with Crippen LogP contribution in [0.1, 0.15) is 36.0 Å². The summed E-state index contributed by atoms with van der Waals surface area (Å²) in [5.74, 6) is 0.764. The van der Waals surface area contributed by atoms with E-state index in [0.29, 0.717) is 18.7 Å². The second-order valence-corrected chi connectivity index (χ2v) is 6.13. The third-order valence-corrected chi connectivity index (χ3v) is 4.29. The van der Waals surface area contributed by atoms with Crippen LogP contribution in [0.3, 0.4) is 0 Å². The highest BCUT2D eigenvalue weighted by Crippen LogP contribution is 2.19. The van der Waals surface area contributed by atoms with Gasteiger partial charge in [0, 0.05) is 31.3 Å². The SMILES string of the molecule is NC1CCCN(C(=O)c2cccc(OCC3CCCO3)c2)C1. The van der Waals surface area contributed by atoms with Crippen LogP contribution in [0.5, 0.6) is 5.75 Å². The van der Waals surface area contributed by atoms with Crippen molar-refractivity contribution in [1.82, 2.24) is 4.90 Å². The lowest BCUT2D eigenvalue weighted by Crippen LogP contribution is -2.45. The van der Waals surface area contributed by atoms with Gasteiger partial charge in [0.1, 0.15) is 12.4 Å². The number of likely N-dealkylation sites (tertiary alicyclic amines) is 1. The van der Waals surface area contributed by atoms with E-state index in [9.17, 15) is 4.79 Å². The summed E-state index contributed by atoms with van der Waals surface area (Å²) < 4.78 is 11.3. The van der Waals surface area contributed by atoms with Crippen molar-refractivity contribution in [1.29, 1.82) is 0 Å². The Labute approximate surface area is 131 Å². The standard InChI is InChI=1S/C17H24N2O3/c18-14-5-2-8-19(11-14)17(20)13-4-1-6-15(10-13)22-12-16-7-3-9-21-16/h1,4,6,10,14,16H,2-3,5,7-9,11-12,18H2. The topological polar surface area (TPSA) is 64.8 Å². The van der Waals surface area contributed by atoms with E-state index in [-0.39, 0.29) is 18.1 Å². The van der Waals surface area contributed by atoms with Crippen molar-refractivity contribution in [3.05, 3.63) is 29.8 Å². The monoisotopic (exact) mass is 304 g/mol. The fourth-order valence-electron chi connectivity index (χ4n) is 3.06. The van der Waals surface area contributed by atoms with Crippen LogP contribution in [0.4, 0.5) is 0 Å². The largest absolute Gasteiger partial charge is 0.491 e. The highest BCUT2D eigenvalue weighted by molar-refractivity contribution is 5.94. The maximum absolute atomic E-state index is 12.5. The molecule has 2 N–H and O–H groups in total. The van der Waals surface area contributed by atoms with Crippen molar-refractivity contribution in [3.8, 4) is 5.75 Å². The number of benzene rings is 1. The van der Waals surface area contributed by atoms with E-state index in [1.54, 1.807) is 0 Å². The predicted molar refractivity (Wildman–Crippen MR) is 84.0 cm³/mol. The highest BCUT2D eigenvalue weighted by Gasteiger charge is 2.22. The summed E-state index contributed by atoms with van der Waals surface area (Å²) in [6.45, 7) is 2.79. The number of nitrogens with two attached hydrogens (primary N) is 1. The van der Waals surface area contributed by atoms with Gasteiger partial charge in [-0.25, -0.2) is 0 Å². The lowest BCUT2D eigenvalue weighted by Gasteiger charge is -2.30. The van der Waals surface area contributed by atoms with Crippen molar-refractivity contribution in [3.63, 3.8) is 0 Å². The number of amides is 1. The van der Waals surface area contributed by atoms with Crippen LogP contribution in [0.2, 0.25) is 0 Å². The Morgan fingerprint density at radius 3 is 3.05 bits per heavy atom. The highest BCUT2D eigenvalue weighted by atomic mass is 16.5. The average Bonchev–Trinajstić information content (AvgIpc) is 3.06. The fraction of sp³-hybridized carbons (Fsp3) is 0.588. The van der Waals surface area contributed by atoms with Crippen LogP contribution < -0.4 is 10.5 Å². The van der Waals surface area contributed by atoms with Gasteiger partial charge in [-0.15, -0.1) is 0 Å². The summed E-state index contributed by atoms with van der Waals surface area (Å²) in [5.41, 5.74) is 6.62. The van der Waals surface area contributed by atoms with E-state index < -0.39 is 0 Å². The summed E-state index contributed by atoms with van der Waals surface area (Å²) >= 11 is 0. The summed E-state index contributed by atoms with van der Waals surface area (Å²) in [5, 5.41) is 0. The van der Waals surface area contributed by atoms with Gasteiger partial charge in [0.2, 0.25) is 0 Å². The van der Waals surface area contributed by atoms with E-state index >= 15 is 0 Å². The zero-order valence-corrected chi connectivity index (χ0v) is 12.9. The van der Waals surface area contributed by atoms with Crippen molar-refractivity contribution in [2.75, 3.05) is 26.3 Å². The maximum atomic E-state index is 12.5. The summed E-state index contributed by atoms with van der Waals surface area (Å²) in [7, 11) is 0. The number of piperidine rings is 1. The molecule has 2 aliphatic rings. The number of carbonyl (C=O) groups excluding carboxylic acids is 1. The van der Waals surface area contributed by atoms with Gasteiger partial charge in [-0.3, -0.25) is 4.79 Å². The molecule has 0 aliphatic carbocycles. The van der Waals surface area contributed by atoms with Crippen molar-refractivity contribution >= 4 is 5.91 Å². The molecule has 2 heterocycles. The zero-order chi connectivity index (χ0) is 15.4. The molecule has 2 aliphatic heterocycles. The van der Waals surface area contributed by atoms with Crippen LogP contribution in [0.15, 0.2) is 24.3 Å². The summed E-state index contributed by atoms with van der Waals surface area (Å²) in [6, 6.07) is 7.49. The molecule has 3 rings (SSSR count). The molecule has 0 radical (unpaired) electrons. The van der Waals surface area contributed by atoms with Crippen LogP contribution in [0.25, 0.3) is 0 Å². The van der Waals surface area contributed by atoms with Crippen LogP contribution in [0, 0.1) is 0 Å². The average molecular weight is 304 g/mol. The second-order valence-electron chi connectivity index (χ2n) is 6.13. The van der Waals surface area contributed by atoms with Gasteiger partial charge in [-0.05, 0) is 43.9 Å². The minimum absolute atomic E-state index is 0.0396. The predicted octanol–water partition coefficient (Wildman–Crippen LogP) is 1.81. The first-order valence-corrected chi connectivity index (χ1v) is 8.12. The molecule has 2 atom stereocenters. The van der Waals surface area contributed by atoms with Gasteiger partial charge in [0.05, 0.1) is 6.10 Å². The molecule has 2 fully saturated rings. The number of carbonyl (C=O) groups is 1. The van der Waals surface area contributed by atoms with Gasteiger partial charge in [0.25, 0.3) is 5.91 Å². The molecule has 120 valence electrons. The van der Waals surface area contributed by atoms with E-state index in [0.717, 1.165) is 44.6 Å². The third kappa shape index (κ3) is 3.78. The van der Waals surface area contributed by atoms with E-state index in [2.05, 4.69) is 0 Å². The van der Waals surface area contributed by atoms with Gasteiger partial charge < -0.3 is 20.1 Å². The smallest absolute Gasteiger partial charge is 0.254 e. The quantitative estimate of drug-likeness (QED) is 0.921. The lowest BCUT2D eigenvalue weighted by atomic mass is 10.1. The molecular formula is C17H24N2O3. The number of hydrogen-bond donors (Lipinski definition) is 1. The molecule has 2 saturated heterocycles. The van der Waals surface area contributed by atoms with Gasteiger partial charge in [0.15, 0.2) is 0 Å². The number of ether oxygens (including phenoxy) is 2. The summed E-state index contributed by atoms with van der Waals surface area (Å²) in [4.78, 5) is 14.4. The number of rotatable bonds is 4. The second kappa shape index (κ2) is 7.11. The molecule has 0 bridgehead atoms. The Hall–Kier alpha value is -1.59. The van der Waals surface area contributed by atoms with Gasteiger partial charge in [-0.1, -0.05) is 6.07 Å². The van der Waals surface area contributed by atoms with Crippen LogP contribution >= 0.6 is 0 Å². The maximum Gasteiger partial charge on any atom is 0.254 e. The van der Waals surface area contributed by atoms with E-state index in [1.165, 1.54) is 0 Å². The molecule has 2 unspecified atom stereocenters. The Kier molecular flexibility index (Phi) is 4.95. The minimum Gasteiger partial charge on any atom is -0.491 e. The molecule has 0 spiro atoms. The molecule has 1 amide bonds. The molecule has 1 aromatic carbocycles. The molecule has 0 aromatic heterocycles. The van der Waals surface area contributed by atoms with Gasteiger partial charge >= 0.3 is 0 Å². The first kappa shape index (κ1) is 15.3. The van der Waals surface area contributed by atoms with Crippen molar-refractivity contribution in [2.45, 2.75) is 37.8 Å². The first-order chi connectivity index (χ1) is 10.7. The Morgan fingerprint density at radius 1 is 1.36 bits per heavy atom. The Bertz CT molecular complexity index is 514. The minimum atomic E-state index is 0.0396. The van der Waals surface area contributed by atoms with E-state index in [1.807, 2.05) is 29.2 Å². The molecular weight excluding hydrogens is 280 g/mol. The van der Waals surface area contributed by atoms with Crippen molar-refractivity contribution in [2.24, 2.45) is 5.73 Å². The Morgan fingerprint density at radius 2 is 2.27 bits per heavy atom. The normalized spacial score (nSPS) is 25.2. The molecule has 1 aromatic rings. The lowest BCUT2D eigenvalue weighted by molar-refractivity contribution is 0.0674. The Balaban J connectivity index is 1.61. The molecule has 22 heavy (non-hydrogen) atoms. The van der Waals surface area contributed by atoms with Crippen molar-refractivity contribution < 1.29 is 14.3 Å². The summed E-state index contributed by atoms with van der Waals surface area (Å²) in [6.07, 6.45) is 4.29. The van der Waals surface area contributed by atoms with Crippen LogP contribution in [-0.4, -0.2) is 49.3 Å². The molecule has 0 saturated carbocycles. The van der Waals surface area contributed by atoms with Crippen LogP contribution in [-0.2, 0) is 4.74 Å². The van der Waals surface area contributed by atoms with Gasteiger partial charge in [-0.2, -0.15) is 0 Å². The molecule has 5 nitrogen and oxygen atoms in total. The fourth-order valence-corrected chi connectivity index (χ4v) is 3.06. The van der Waals surface area contributed by atoms with E-state index in [4.69, 9.17) is 15.2 Å². The number of hydrogen-bond acceptors (Lipinski definition) is 4. The molecule has 5 heteroatoms.